The summed E-state index contributed by atoms with van der Waals surface area (Å²) in [5.74, 6) is 0.828. The zero-order valence-electron chi connectivity index (χ0n) is 13.7. The van der Waals surface area contributed by atoms with E-state index in [9.17, 15) is 4.79 Å². The number of nitrogens with one attached hydrogen (secondary N) is 1. The van der Waals surface area contributed by atoms with E-state index in [4.69, 9.17) is 4.74 Å². The monoisotopic (exact) mass is 345 g/mol. The van der Waals surface area contributed by atoms with Crippen LogP contribution < -0.4 is 10.1 Å². The number of ether oxygens (including phenoxy) is 1. The van der Waals surface area contributed by atoms with Gasteiger partial charge in [0.2, 0.25) is 0 Å². The highest BCUT2D eigenvalue weighted by molar-refractivity contribution is 7.09. The van der Waals surface area contributed by atoms with E-state index >= 15 is 0 Å². The molecule has 1 aromatic heterocycles. The number of piperazine rings is 1. The van der Waals surface area contributed by atoms with Crippen molar-refractivity contribution in [3.63, 3.8) is 0 Å². The minimum atomic E-state index is 0.00225. The van der Waals surface area contributed by atoms with Crippen LogP contribution in [0.5, 0.6) is 5.75 Å². The van der Waals surface area contributed by atoms with Crippen LogP contribution in [0.15, 0.2) is 47.8 Å². The summed E-state index contributed by atoms with van der Waals surface area (Å²) in [6.07, 6.45) is 0. The largest absolute Gasteiger partial charge is 0.492 e. The van der Waals surface area contributed by atoms with E-state index in [0.29, 0.717) is 13.2 Å². The number of hydrogen-bond acceptors (Lipinski definition) is 4. The molecule has 5 nitrogen and oxygen atoms in total. The molecule has 6 heteroatoms. The number of benzene rings is 1. The number of thiophene rings is 1. The van der Waals surface area contributed by atoms with Gasteiger partial charge in [0.25, 0.3) is 0 Å². The van der Waals surface area contributed by atoms with Gasteiger partial charge in [-0.05, 0) is 23.6 Å². The molecule has 1 aromatic carbocycles. The summed E-state index contributed by atoms with van der Waals surface area (Å²) in [4.78, 5) is 17.8. The van der Waals surface area contributed by atoms with Gasteiger partial charge in [0.1, 0.15) is 12.4 Å². The van der Waals surface area contributed by atoms with E-state index in [1.807, 2.05) is 35.2 Å². The predicted octanol–water partition coefficient (Wildman–Crippen LogP) is 2.65. The lowest BCUT2D eigenvalue weighted by Gasteiger charge is -2.34. The minimum absolute atomic E-state index is 0.00225. The first-order valence-electron chi connectivity index (χ1n) is 8.26. The molecule has 1 aliphatic rings. The molecule has 2 aromatic rings. The van der Waals surface area contributed by atoms with Crippen molar-refractivity contribution in [2.45, 2.75) is 6.54 Å². The molecule has 0 radical (unpaired) electrons. The van der Waals surface area contributed by atoms with Gasteiger partial charge in [-0.1, -0.05) is 24.3 Å². The summed E-state index contributed by atoms with van der Waals surface area (Å²) in [6, 6.07) is 13.9. The van der Waals surface area contributed by atoms with Crippen LogP contribution in [0, 0.1) is 0 Å². The van der Waals surface area contributed by atoms with Gasteiger partial charge in [-0.3, -0.25) is 4.90 Å². The fourth-order valence-electron chi connectivity index (χ4n) is 2.69. The third kappa shape index (κ3) is 4.97. The standard InChI is InChI=1S/C18H23N3O2S/c22-18(19-8-13-23-16-5-2-1-3-6-16)21-11-9-20(10-12-21)15-17-7-4-14-24-17/h1-7,14H,8-13,15H2,(H,19,22). The van der Waals surface area contributed by atoms with Gasteiger partial charge in [0, 0.05) is 37.6 Å². The Kier molecular flexibility index (Phi) is 6.09. The molecule has 2 amide bonds. The first kappa shape index (κ1) is 16.8. The molecule has 24 heavy (non-hydrogen) atoms. The normalized spacial score (nSPS) is 15.2. The fourth-order valence-corrected chi connectivity index (χ4v) is 3.43. The quantitative estimate of drug-likeness (QED) is 0.819. The van der Waals surface area contributed by atoms with Crippen molar-refractivity contribution in [3.8, 4) is 5.75 Å². The molecule has 0 atom stereocenters. The maximum Gasteiger partial charge on any atom is 0.317 e. The van der Waals surface area contributed by atoms with E-state index in [2.05, 4.69) is 27.7 Å². The number of para-hydroxylation sites is 1. The molecule has 3 rings (SSSR count). The number of nitrogens with zero attached hydrogens (tertiary/aromatic N) is 2. The Morgan fingerprint density at radius 3 is 2.58 bits per heavy atom. The topological polar surface area (TPSA) is 44.8 Å². The Labute approximate surface area is 146 Å². The van der Waals surface area contributed by atoms with Crippen molar-refractivity contribution in [2.24, 2.45) is 0 Å². The zero-order valence-corrected chi connectivity index (χ0v) is 14.5. The number of carbonyl (C=O) groups is 1. The molecular weight excluding hydrogens is 322 g/mol. The van der Waals surface area contributed by atoms with Crippen LogP contribution in [-0.4, -0.2) is 55.2 Å². The Hall–Kier alpha value is -2.05. The third-order valence-electron chi connectivity index (χ3n) is 4.01. The fraction of sp³-hybridized carbons (Fsp3) is 0.389. The molecule has 1 saturated heterocycles. The molecule has 0 bridgehead atoms. The van der Waals surface area contributed by atoms with Crippen LogP contribution in [0.1, 0.15) is 4.88 Å². The Morgan fingerprint density at radius 1 is 1.08 bits per heavy atom. The van der Waals surface area contributed by atoms with E-state index in [-0.39, 0.29) is 6.03 Å². The molecule has 0 saturated carbocycles. The molecule has 0 aliphatic carbocycles. The third-order valence-corrected chi connectivity index (χ3v) is 4.87. The maximum atomic E-state index is 12.2. The average molecular weight is 345 g/mol. The van der Waals surface area contributed by atoms with Gasteiger partial charge in [-0.15, -0.1) is 11.3 Å². The van der Waals surface area contributed by atoms with Gasteiger partial charge in [-0.2, -0.15) is 0 Å². The SMILES string of the molecule is O=C(NCCOc1ccccc1)N1CCN(Cc2cccs2)CC1. The van der Waals surface area contributed by atoms with Gasteiger partial charge in [-0.25, -0.2) is 4.79 Å². The van der Waals surface area contributed by atoms with Crippen LogP contribution in [0.3, 0.4) is 0 Å². The van der Waals surface area contributed by atoms with Crippen molar-refractivity contribution in [3.05, 3.63) is 52.7 Å². The Bertz CT molecular complexity index is 610. The molecule has 1 aliphatic heterocycles. The summed E-state index contributed by atoms with van der Waals surface area (Å²) < 4.78 is 5.58. The van der Waals surface area contributed by atoms with E-state index in [1.54, 1.807) is 11.3 Å². The van der Waals surface area contributed by atoms with Crippen molar-refractivity contribution in [1.29, 1.82) is 0 Å². The van der Waals surface area contributed by atoms with E-state index < -0.39 is 0 Å². The maximum absolute atomic E-state index is 12.2. The summed E-state index contributed by atoms with van der Waals surface area (Å²) >= 11 is 1.79. The van der Waals surface area contributed by atoms with Crippen LogP contribution in [0.4, 0.5) is 4.79 Å². The number of amides is 2. The Morgan fingerprint density at radius 2 is 1.88 bits per heavy atom. The lowest BCUT2D eigenvalue weighted by molar-refractivity contribution is 0.135. The molecule has 1 fully saturated rings. The lowest BCUT2D eigenvalue weighted by atomic mass is 10.3. The summed E-state index contributed by atoms with van der Waals surface area (Å²) in [7, 11) is 0. The van der Waals surface area contributed by atoms with E-state index in [0.717, 1.165) is 38.5 Å². The molecule has 1 N–H and O–H groups in total. The van der Waals surface area contributed by atoms with Crippen LogP contribution in [0.25, 0.3) is 0 Å². The Balaban J connectivity index is 1.32. The van der Waals surface area contributed by atoms with Crippen LogP contribution in [0.2, 0.25) is 0 Å². The number of rotatable bonds is 6. The number of urea groups is 1. The van der Waals surface area contributed by atoms with Gasteiger partial charge in [0.05, 0.1) is 6.54 Å². The highest BCUT2D eigenvalue weighted by Crippen LogP contribution is 2.13. The second-order valence-corrected chi connectivity index (χ2v) is 6.77. The number of carbonyl (C=O) groups excluding carboxylic acids is 1. The second-order valence-electron chi connectivity index (χ2n) is 5.74. The summed E-state index contributed by atoms with van der Waals surface area (Å²) in [5, 5.41) is 5.04. The highest BCUT2D eigenvalue weighted by Gasteiger charge is 2.20. The van der Waals surface area contributed by atoms with Crippen molar-refractivity contribution < 1.29 is 9.53 Å². The molecule has 2 heterocycles. The smallest absolute Gasteiger partial charge is 0.317 e. The molecular formula is C18H23N3O2S. The zero-order chi connectivity index (χ0) is 16.6. The van der Waals surface area contributed by atoms with Crippen molar-refractivity contribution in [2.75, 3.05) is 39.3 Å². The van der Waals surface area contributed by atoms with Crippen molar-refractivity contribution >= 4 is 17.4 Å². The molecule has 128 valence electrons. The minimum Gasteiger partial charge on any atom is -0.492 e. The second kappa shape index (κ2) is 8.70. The van der Waals surface area contributed by atoms with Gasteiger partial charge < -0.3 is 15.0 Å². The predicted molar refractivity (Wildman–Crippen MR) is 96.5 cm³/mol. The first-order chi connectivity index (χ1) is 11.8. The first-order valence-corrected chi connectivity index (χ1v) is 9.14. The summed E-state index contributed by atoms with van der Waals surface area (Å²) in [5.41, 5.74) is 0. The van der Waals surface area contributed by atoms with Crippen molar-refractivity contribution in [1.82, 2.24) is 15.1 Å². The molecule has 0 spiro atoms. The number of hydrogen-bond donors (Lipinski definition) is 1. The average Bonchev–Trinajstić information content (AvgIpc) is 3.13. The van der Waals surface area contributed by atoms with Gasteiger partial charge >= 0.3 is 6.03 Å². The summed E-state index contributed by atoms with van der Waals surface area (Å²) in [6.45, 7) is 5.38. The van der Waals surface area contributed by atoms with Crippen LogP contribution in [-0.2, 0) is 6.54 Å². The molecule has 0 unspecified atom stereocenters. The highest BCUT2D eigenvalue weighted by atomic mass is 32.1. The van der Waals surface area contributed by atoms with Gasteiger partial charge in [0.15, 0.2) is 0 Å². The van der Waals surface area contributed by atoms with E-state index in [1.165, 1.54) is 4.88 Å². The lowest BCUT2D eigenvalue weighted by Crippen LogP contribution is -2.51. The van der Waals surface area contributed by atoms with Crippen LogP contribution >= 0.6 is 11.3 Å².